The predicted octanol–water partition coefficient (Wildman–Crippen LogP) is 3.12. The minimum atomic E-state index is -0.885. The van der Waals surface area contributed by atoms with E-state index in [4.69, 9.17) is 0 Å². The van der Waals surface area contributed by atoms with Crippen LogP contribution in [-0.4, -0.2) is 35.1 Å². The molecular formula is C10H13Br2NO2S. The molecule has 0 aliphatic heterocycles. The minimum Gasteiger partial charge on any atom is -0.389 e. The number of rotatable bonds is 3. The molecule has 0 aliphatic carbocycles. The highest BCUT2D eigenvalue weighted by Gasteiger charge is 2.22. The Morgan fingerprint density at radius 2 is 2.12 bits per heavy atom. The minimum absolute atomic E-state index is 0.101. The summed E-state index contributed by atoms with van der Waals surface area (Å²) in [5.41, 5.74) is -0.270. The maximum Gasteiger partial charge on any atom is 0.255 e. The molecule has 0 radical (unpaired) electrons. The van der Waals surface area contributed by atoms with Gasteiger partial charge in [-0.2, -0.15) is 0 Å². The number of carbonyl (C=O) groups is 1. The Labute approximate surface area is 116 Å². The Balaban J connectivity index is 2.82. The molecule has 0 saturated heterocycles. The number of likely N-dealkylation sites (N-methyl/N-ethyl adjacent to an activating group) is 1. The van der Waals surface area contributed by atoms with Gasteiger partial charge in [-0.3, -0.25) is 4.79 Å². The van der Waals surface area contributed by atoms with Crippen molar-refractivity contribution in [1.29, 1.82) is 0 Å². The summed E-state index contributed by atoms with van der Waals surface area (Å²) in [5, 5.41) is 9.65. The van der Waals surface area contributed by atoms with Crippen LogP contribution < -0.4 is 0 Å². The lowest BCUT2D eigenvalue weighted by Gasteiger charge is -2.25. The van der Waals surface area contributed by atoms with Gasteiger partial charge in [-0.05, 0) is 51.8 Å². The molecule has 0 bridgehead atoms. The summed E-state index contributed by atoms with van der Waals surface area (Å²) in [5.74, 6) is -0.101. The van der Waals surface area contributed by atoms with Crippen molar-refractivity contribution in [3.05, 3.63) is 19.2 Å². The fourth-order valence-electron chi connectivity index (χ4n) is 1.34. The molecule has 1 aromatic rings. The fourth-order valence-corrected chi connectivity index (χ4v) is 4.12. The van der Waals surface area contributed by atoms with Crippen LogP contribution in [0.4, 0.5) is 0 Å². The van der Waals surface area contributed by atoms with E-state index in [0.29, 0.717) is 12.1 Å². The lowest BCUT2D eigenvalue weighted by Crippen LogP contribution is -2.39. The third-order valence-corrected chi connectivity index (χ3v) is 4.20. The number of thiophene rings is 1. The second-order valence-electron chi connectivity index (χ2n) is 4.21. The van der Waals surface area contributed by atoms with Crippen molar-refractivity contribution in [3.63, 3.8) is 0 Å². The molecule has 1 rings (SSSR count). The van der Waals surface area contributed by atoms with Gasteiger partial charge in [0.25, 0.3) is 5.91 Å². The number of carbonyl (C=O) groups excluding carboxylic acids is 1. The first-order valence-corrected chi connectivity index (χ1v) is 7.03. The molecule has 1 amide bonds. The molecule has 3 nitrogen and oxygen atoms in total. The standard InChI is InChI=1S/C10H13Br2NO2S/c1-10(2,15)5-13(3)9(14)6-4-7(11)16-8(6)12/h4,15H,5H2,1-3H3. The molecule has 16 heavy (non-hydrogen) atoms. The molecule has 1 N–H and O–H groups in total. The average Bonchev–Trinajstić information content (AvgIpc) is 2.41. The summed E-state index contributed by atoms with van der Waals surface area (Å²) in [6, 6.07) is 1.78. The molecule has 1 aromatic heterocycles. The quantitative estimate of drug-likeness (QED) is 0.887. The van der Waals surface area contributed by atoms with E-state index >= 15 is 0 Å². The van der Waals surface area contributed by atoms with E-state index in [1.165, 1.54) is 16.2 Å². The number of halogens is 2. The van der Waals surface area contributed by atoms with Gasteiger partial charge in [0.15, 0.2) is 0 Å². The first kappa shape index (κ1) is 14.2. The Bertz CT molecular complexity index is 398. The lowest BCUT2D eigenvalue weighted by atomic mass is 10.1. The van der Waals surface area contributed by atoms with Crippen LogP contribution in [0, 0.1) is 0 Å². The highest BCUT2D eigenvalue weighted by molar-refractivity contribution is 9.12. The maximum absolute atomic E-state index is 12.0. The highest BCUT2D eigenvalue weighted by Crippen LogP contribution is 2.32. The fraction of sp³-hybridized carbons (Fsp3) is 0.500. The van der Waals surface area contributed by atoms with Gasteiger partial charge in [0.1, 0.15) is 0 Å². The topological polar surface area (TPSA) is 40.5 Å². The Hall–Kier alpha value is 0.0900. The van der Waals surface area contributed by atoms with E-state index in [1.807, 2.05) is 0 Å². The maximum atomic E-state index is 12.0. The Morgan fingerprint density at radius 3 is 2.50 bits per heavy atom. The van der Waals surface area contributed by atoms with Gasteiger partial charge in [-0.25, -0.2) is 0 Å². The largest absolute Gasteiger partial charge is 0.389 e. The summed E-state index contributed by atoms with van der Waals surface area (Å²) in [6.45, 7) is 3.65. The van der Waals surface area contributed by atoms with E-state index in [9.17, 15) is 9.90 Å². The van der Waals surface area contributed by atoms with Crippen LogP contribution in [0.1, 0.15) is 24.2 Å². The van der Waals surface area contributed by atoms with Gasteiger partial charge < -0.3 is 10.0 Å². The van der Waals surface area contributed by atoms with Crippen molar-refractivity contribution in [2.24, 2.45) is 0 Å². The highest BCUT2D eigenvalue weighted by atomic mass is 79.9. The van der Waals surface area contributed by atoms with Crippen molar-refractivity contribution in [2.75, 3.05) is 13.6 Å². The molecule has 0 unspecified atom stereocenters. The molecule has 0 saturated carbocycles. The summed E-state index contributed by atoms with van der Waals surface area (Å²) < 4.78 is 1.70. The number of aliphatic hydroxyl groups is 1. The predicted molar refractivity (Wildman–Crippen MR) is 73.0 cm³/mol. The monoisotopic (exact) mass is 369 g/mol. The summed E-state index contributed by atoms with van der Waals surface area (Å²) in [6.07, 6.45) is 0. The molecular weight excluding hydrogens is 358 g/mol. The van der Waals surface area contributed by atoms with Gasteiger partial charge in [0.2, 0.25) is 0 Å². The van der Waals surface area contributed by atoms with Crippen molar-refractivity contribution in [2.45, 2.75) is 19.4 Å². The van der Waals surface area contributed by atoms with E-state index < -0.39 is 5.60 Å². The molecule has 0 atom stereocenters. The van der Waals surface area contributed by atoms with Crippen molar-refractivity contribution >= 4 is 49.1 Å². The second-order valence-corrected chi connectivity index (χ2v) is 7.96. The van der Waals surface area contributed by atoms with E-state index in [0.717, 1.165) is 7.57 Å². The summed E-state index contributed by atoms with van der Waals surface area (Å²) >= 11 is 8.13. The zero-order chi connectivity index (χ0) is 12.5. The molecule has 90 valence electrons. The zero-order valence-electron chi connectivity index (χ0n) is 9.25. The Kier molecular flexibility index (Phi) is 4.57. The number of hydrogen-bond acceptors (Lipinski definition) is 3. The lowest BCUT2D eigenvalue weighted by molar-refractivity contribution is 0.0367. The number of amides is 1. The van der Waals surface area contributed by atoms with Gasteiger partial charge in [0.05, 0.1) is 18.7 Å². The van der Waals surface area contributed by atoms with Crippen LogP contribution >= 0.6 is 43.2 Å². The van der Waals surface area contributed by atoms with Crippen LogP contribution in [0.25, 0.3) is 0 Å². The van der Waals surface area contributed by atoms with Crippen molar-refractivity contribution in [1.82, 2.24) is 4.90 Å². The van der Waals surface area contributed by atoms with Crippen molar-refractivity contribution in [3.8, 4) is 0 Å². The van der Waals surface area contributed by atoms with Crippen LogP contribution in [0.2, 0.25) is 0 Å². The van der Waals surface area contributed by atoms with Crippen LogP contribution in [0.5, 0.6) is 0 Å². The molecule has 0 aromatic carbocycles. The van der Waals surface area contributed by atoms with Gasteiger partial charge in [0, 0.05) is 13.6 Å². The normalized spacial score (nSPS) is 11.6. The number of nitrogens with zero attached hydrogens (tertiary/aromatic N) is 1. The molecule has 0 spiro atoms. The zero-order valence-corrected chi connectivity index (χ0v) is 13.2. The van der Waals surface area contributed by atoms with Gasteiger partial charge in [-0.1, -0.05) is 0 Å². The van der Waals surface area contributed by atoms with E-state index in [1.54, 1.807) is 27.0 Å². The summed E-state index contributed by atoms with van der Waals surface area (Å²) in [4.78, 5) is 13.5. The SMILES string of the molecule is CN(CC(C)(C)O)C(=O)c1cc(Br)sc1Br. The van der Waals surface area contributed by atoms with E-state index in [-0.39, 0.29) is 5.91 Å². The first-order chi connectivity index (χ1) is 7.20. The number of hydrogen-bond donors (Lipinski definition) is 1. The molecule has 6 heteroatoms. The van der Waals surface area contributed by atoms with E-state index in [2.05, 4.69) is 31.9 Å². The smallest absolute Gasteiger partial charge is 0.255 e. The van der Waals surface area contributed by atoms with Crippen molar-refractivity contribution < 1.29 is 9.90 Å². The van der Waals surface area contributed by atoms with Crippen LogP contribution in [-0.2, 0) is 0 Å². The van der Waals surface area contributed by atoms with Crippen LogP contribution in [0.15, 0.2) is 13.6 Å². The van der Waals surface area contributed by atoms with Gasteiger partial charge in [-0.15, -0.1) is 11.3 Å². The summed E-state index contributed by atoms with van der Waals surface area (Å²) in [7, 11) is 1.68. The molecule has 0 fully saturated rings. The first-order valence-electron chi connectivity index (χ1n) is 4.63. The molecule has 1 heterocycles. The van der Waals surface area contributed by atoms with Crippen LogP contribution in [0.3, 0.4) is 0 Å². The molecule has 0 aliphatic rings. The second kappa shape index (κ2) is 5.16. The Morgan fingerprint density at radius 1 is 1.56 bits per heavy atom. The third-order valence-electron chi connectivity index (χ3n) is 1.86. The third kappa shape index (κ3) is 3.84. The average molecular weight is 371 g/mol. The van der Waals surface area contributed by atoms with Gasteiger partial charge >= 0.3 is 0 Å².